The molecule has 2 saturated heterocycles. The highest BCUT2D eigenvalue weighted by molar-refractivity contribution is 7.90. The Hall–Kier alpha value is -3.99. The minimum absolute atomic E-state index is 0.0192. The van der Waals surface area contributed by atoms with Gasteiger partial charge in [0.05, 0.1) is 28.1 Å². The van der Waals surface area contributed by atoms with E-state index >= 15 is 0 Å². The summed E-state index contributed by atoms with van der Waals surface area (Å²) in [6.07, 6.45) is 4.55. The first-order valence-electron chi connectivity index (χ1n) is 13.8. The molecule has 2 bridgehead atoms. The van der Waals surface area contributed by atoms with E-state index in [-0.39, 0.29) is 23.1 Å². The van der Waals surface area contributed by atoms with Crippen LogP contribution in [0.5, 0.6) is 0 Å². The molecule has 0 saturated carbocycles. The molecule has 2 unspecified atom stereocenters. The minimum atomic E-state index is -4.01. The van der Waals surface area contributed by atoms with Gasteiger partial charge in [-0.15, -0.1) is 0 Å². The molecule has 6 rings (SSSR count). The SMILES string of the molecule is Cc1ccc(S(=O)(=O)n2c(-c3ccnc(C)c3)cc3c(N4CC5CCC(C4)N5C(=O)OC(C)(C)C)ncnc32)cc1. The zero-order chi connectivity index (χ0) is 29.1. The van der Waals surface area contributed by atoms with Crippen molar-refractivity contribution in [3.05, 3.63) is 66.2 Å². The van der Waals surface area contributed by atoms with Crippen LogP contribution in [0.2, 0.25) is 0 Å². The van der Waals surface area contributed by atoms with E-state index in [4.69, 9.17) is 4.74 Å². The molecule has 2 fully saturated rings. The van der Waals surface area contributed by atoms with Crippen molar-refractivity contribution in [3.63, 3.8) is 0 Å². The van der Waals surface area contributed by atoms with Crippen molar-refractivity contribution >= 4 is 33.0 Å². The summed E-state index contributed by atoms with van der Waals surface area (Å²) >= 11 is 0. The van der Waals surface area contributed by atoms with Crippen LogP contribution in [0, 0.1) is 13.8 Å². The van der Waals surface area contributed by atoms with Crippen molar-refractivity contribution in [2.45, 2.75) is 70.0 Å². The van der Waals surface area contributed by atoms with Gasteiger partial charge in [0, 0.05) is 30.5 Å². The molecule has 2 aliphatic rings. The zero-order valence-electron chi connectivity index (χ0n) is 23.9. The predicted octanol–water partition coefficient (Wildman–Crippen LogP) is 4.94. The number of aryl methyl sites for hydroxylation is 2. The number of hydrogen-bond donors (Lipinski definition) is 0. The average molecular weight is 575 g/mol. The molecule has 0 radical (unpaired) electrons. The van der Waals surface area contributed by atoms with E-state index in [1.807, 2.05) is 51.7 Å². The van der Waals surface area contributed by atoms with Crippen LogP contribution in [0.25, 0.3) is 22.3 Å². The third-order valence-corrected chi connectivity index (χ3v) is 9.39. The molecule has 2 aliphatic heterocycles. The average Bonchev–Trinajstić information content (AvgIpc) is 3.43. The number of ether oxygens (including phenoxy) is 1. The Morgan fingerprint density at radius 1 is 0.951 bits per heavy atom. The van der Waals surface area contributed by atoms with E-state index in [0.29, 0.717) is 41.2 Å². The van der Waals surface area contributed by atoms with E-state index in [1.165, 1.54) is 10.3 Å². The van der Waals surface area contributed by atoms with E-state index in [0.717, 1.165) is 24.1 Å². The molecule has 3 aromatic heterocycles. The standard InChI is InChI=1S/C30H34N6O4S/c1-19-6-10-24(11-7-19)41(38,39)36-26(21-12-13-31-20(2)14-21)15-25-27(32-18-33-28(25)36)34-16-22-8-9-23(17-34)35(22)29(37)40-30(3,4)5/h6-7,10-15,18,22-23H,8-9,16-17H2,1-5H3. The van der Waals surface area contributed by atoms with Gasteiger partial charge in [-0.25, -0.2) is 27.2 Å². The van der Waals surface area contributed by atoms with Gasteiger partial charge in [0.25, 0.3) is 10.0 Å². The van der Waals surface area contributed by atoms with E-state index < -0.39 is 15.6 Å². The largest absolute Gasteiger partial charge is 0.444 e. The normalized spacial score (nSPS) is 19.1. The summed E-state index contributed by atoms with van der Waals surface area (Å²) in [7, 11) is -4.01. The Morgan fingerprint density at radius 2 is 1.63 bits per heavy atom. The molecule has 11 heteroatoms. The van der Waals surface area contributed by atoms with Crippen LogP contribution in [0.1, 0.15) is 44.9 Å². The van der Waals surface area contributed by atoms with Gasteiger partial charge in [-0.2, -0.15) is 0 Å². The lowest BCUT2D eigenvalue weighted by molar-refractivity contribution is 0.0123. The highest BCUT2D eigenvalue weighted by Crippen LogP contribution is 2.38. The molecule has 0 aliphatic carbocycles. The molecule has 41 heavy (non-hydrogen) atoms. The molecule has 0 spiro atoms. The maximum Gasteiger partial charge on any atom is 0.410 e. The fourth-order valence-corrected chi connectivity index (χ4v) is 7.36. The lowest BCUT2D eigenvalue weighted by atomic mass is 10.1. The van der Waals surface area contributed by atoms with Crippen LogP contribution >= 0.6 is 0 Å². The third-order valence-electron chi connectivity index (χ3n) is 7.67. The van der Waals surface area contributed by atoms with Crippen LogP contribution in [0.3, 0.4) is 0 Å². The Balaban J connectivity index is 1.46. The third kappa shape index (κ3) is 4.92. The number of aromatic nitrogens is 4. The number of hydrogen-bond acceptors (Lipinski definition) is 8. The molecule has 4 aromatic rings. The van der Waals surface area contributed by atoms with Gasteiger partial charge in [0.15, 0.2) is 5.65 Å². The molecule has 10 nitrogen and oxygen atoms in total. The van der Waals surface area contributed by atoms with Gasteiger partial charge in [0.1, 0.15) is 17.7 Å². The quantitative estimate of drug-likeness (QED) is 0.337. The van der Waals surface area contributed by atoms with Crippen LogP contribution in [0.15, 0.2) is 59.9 Å². The van der Waals surface area contributed by atoms with Gasteiger partial charge in [0.2, 0.25) is 0 Å². The number of benzene rings is 1. The zero-order valence-corrected chi connectivity index (χ0v) is 24.7. The van der Waals surface area contributed by atoms with E-state index in [2.05, 4.69) is 19.9 Å². The smallest absolute Gasteiger partial charge is 0.410 e. The maximum absolute atomic E-state index is 14.1. The molecule has 5 heterocycles. The number of carbonyl (C=O) groups excluding carboxylic acids is 1. The fraction of sp³-hybridized carbons (Fsp3) is 0.400. The molecular weight excluding hydrogens is 540 g/mol. The summed E-state index contributed by atoms with van der Waals surface area (Å²) in [4.78, 5) is 30.7. The number of carbonyl (C=O) groups is 1. The summed E-state index contributed by atoms with van der Waals surface area (Å²) in [5, 5.41) is 0.637. The monoisotopic (exact) mass is 574 g/mol. The summed E-state index contributed by atoms with van der Waals surface area (Å²) in [6.45, 7) is 10.6. The van der Waals surface area contributed by atoms with Crippen LogP contribution in [-0.4, -0.2) is 69.1 Å². The number of pyridine rings is 1. The lowest BCUT2D eigenvalue weighted by Gasteiger charge is -2.41. The van der Waals surface area contributed by atoms with E-state index in [9.17, 15) is 13.2 Å². The minimum Gasteiger partial charge on any atom is -0.444 e. The Labute approximate surface area is 240 Å². The van der Waals surface area contributed by atoms with Gasteiger partial charge >= 0.3 is 6.09 Å². The van der Waals surface area contributed by atoms with Crippen molar-refractivity contribution in [3.8, 4) is 11.3 Å². The van der Waals surface area contributed by atoms with Crippen molar-refractivity contribution in [2.24, 2.45) is 0 Å². The molecule has 2 atom stereocenters. The lowest BCUT2D eigenvalue weighted by Crippen LogP contribution is -2.57. The summed E-state index contributed by atoms with van der Waals surface area (Å²) in [5.74, 6) is 0.653. The second-order valence-corrected chi connectivity index (χ2v) is 13.7. The highest BCUT2D eigenvalue weighted by atomic mass is 32.2. The molecule has 1 aromatic carbocycles. The Bertz CT molecular complexity index is 1730. The second-order valence-electron chi connectivity index (χ2n) is 11.9. The maximum atomic E-state index is 14.1. The van der Waals surface area contributed by atoms with Gasteiger partial charge < -0.3 is 9.64 Å². The van der Waals surface area contributed by atoms with Crippen molar-refractivity contribution in [1.82, 2.24) is 23.8 Å². The molecule has 214 valence electrons. The number of anilines is 1. The number of nitrogens with zero attached hydrogens (tertiary/aromatic N) is 6. The van der Waals surface area contributed by atoms with Crippen molar-refractivity contribution < 1.29 is 17.9 Å². The highest BCUT2D eigenvalue weighted by Gasteiger charge is 2.45. The summed E-state index contributed by atoms with van der Waals surface area (Å²) < 4.78 is 35.3. The molecule has 1 amide bonds. The van der Waals surface area contributed by atoms with Gasteiger partial charge in [-0.3, -0.25) is 9.88 Å². The number of fused-ring (bicyclic) bond motifs is 3. The van der Waals surface area contributed by atoms with Crippen LogP contribution < -0.4 is 4.90 Å². The Kier molecular flexibility index (Phi) is 6.52. The van der Waals surface area contributed by atoms with Gasteiger partial charge in [-0.1, -0.05) is 17.7 Å². The second kappa shape index (κ2) is 9.83. The van der Waals surface area contributed by atoms with Crippen LogP contribution in [-0.2, 0) is 14.8 Å². The topological polar surface area (TPSA) is 111 Å². The fourth-order valence-electron chi connectivity index (χ4n) is 5.88. The first-order valence-corrected chi connectivity index (χ1v) is 15.2. The predicted molar refractivity (Wildman–Crippen MR) is 156 cm³/mol. The molecule has 0 N–H and O–H groups in total. The van der Waals surface area contributed by atoms with Crippen LogP contribution in [0.4, 0.5) is 10.6 Å². The first-order chi connectivity index (χ1) is 19.4. The number of piperazine rings is 1. The van der Waals surface area contributed by atoms with Crippen molar-refractivity contribution in [1.29, 1.82) is 0 Å². The molecular formula is C30H34N6O4S. The van der Waals surface area contributed by atoms with E-state index in [1.54, 1.807) is 36.5 Å². The number of rotatable bonds is 4. The van der Waals surface area contributed by atoms with Crippen molar-refractivity contribution in [2.75, 3.05) is 18.0 Å². The first kappa shape index (κ1) is 27.2. The Morgan fingerprint density at radius 3 is 2.27 bits per heavy atom. The summed E-state index contributed by atoms with van der Waals surface area (Å²) in [5.41, 5.74) is 2.68. The number of amides is 1. The van der Waals surface area contributed by atoms with Gasteiger partial charge in [-0.05, 0) is 77.8 Å². The summed E-state index contributed by atoms with van der Waals surface area (Å²) in [6, 6.07) is 12.3.